The molecular formula is C7H10BNO3. The first-order chi connectivity index (χ1) is 5.59. The fraction of sp³-hybridized carbons (Fsp3) is 0.143. The van der Waals surface area contributed by atoms with Crippen molar-refractivity contribution in [3.05, 3.63) is 23.8 Å². The highest BCUT2D eigenvalue weighted by Crippen LogP contribution is 2.16. The molecule has 1 aliphatic heterocycles. The Morgan fingerprint density at radius 1 is 1.42 bits per heavy atom. The monoisotopic (exact) mass is 167 g/mol. The van der Waals surface area contributed by atoms with Crippen molar-refractivity contribution in [2.75, 3.05) is 0 Å². The van der Waals surface area contributed by atoms with Crippen LogP contribution >= 0.6 is 0 Å². The summed E-state index contributed by atoms with van der Waals surface area (Å²) in [7, 11) is 0. The van der Waals surface area contributed by atoms with E-state index >= 15 is 0 Å². The number of hydrogen-bond acceptors (Lipinski definition) is 3. The highest BCUT2D eigenvalue weighted by molar-refractivity contribution is 6.74. The second-order valence-electron chi connectivity index (χ2n) is 3.05. The normalized spacial score (nSPS) is 19.2. The molecule has 0 aromatic heterocycles. The molecule has 12 heavy (non-hydrogen) atoms. The summed E-state index contributed by atoms with van der Waals surface area (Å²) in [5.41, 5.74) is 5.74. The minimum absolute atomic E-state index is 0.266. The van der Waals surface area contributed by atoms with E-state index in [2.05, 4.69) is 5.73 Å². The summed E-state index contributed by atoms with van der Waals surface area (Å²) in [4.78, 5) is 0. The summed E-state index contributed by atoms with van der Waals surface area (Å²) in [6.45, 7) is -2.49. The van der Waals surface area contributed by atoms with E-state index < -0.39 is 6.75 Å². The van der Waals surface area contributed by atoms with Gasteiger partial charge in [-0.25, -0.2) is 0 Å². The van der Waals surface area contributed by atoms with Crippen LogP contribution in [0.2, 0.25) is 0 Å². The summed E-state index contributed by atoms with van der Waals surface area (Å²) in [5.74, 6) is 0. The fourth-order valence-corrected chi connectivity index (χ4v) is 1.42. The molecule has 4 nitrogen and oxygen atoms in total. The van der Waals surface area contributed by atoms with Gasteiger partial charge in [-0.2, -0.15) is 0 Å². The molecule has 0 aliphatic carbocycles. The molecule has 0 saturated carbocycles. The Bertz CT molecular complexity index is 326. The molecule has 1 aliphatic rings. The third-order valence-electron chi connectivity index (χ3n) is 2.09. The van der Waals surface area contributed by atoms with Crippen LogP contribution in [0.5, 0.6) is 0 Å². The first-order valence-electron chi connectivity index (χ1n) is 3.77. The molecule has 5 N–H and O–H groups in total. The highest BCUT2D eigenvalue weighted by Gasteiger charge is 2.31. The zero-order valence-corrected chi connectivity index (χ0v) is 6.53. The maximum atomic E-state index is 9.34. The van der Waals surface area contributed by atoms with Crippen LogP contribution in [0.15, 0.2) is 18.2 Å². The highest BCUT2D eigenvalue weighted by atomic mass is 16.6. The number of quaternary nitrogens is 1. The quantitative estimate of drug-likeness (QED) is 0.400. The Labute approximate surface area is 69.6 Å². The van der Waals surface area contributed by atoms with Crippen LogP contribution in [0.3, 0.4) is 0 Å². The Morgan fingerprint density at radius 3 is 2.92 bits per heavy atom. The summed E-state index contributed by atoms with van der Waals surface area (Å²) < 4.78 is 4.81. The predicted octanol–water partition coefficient (Wildman–Crippen LogP) is -1.78. The summed E-state index contributed by atoms with van der Waals surface area (Å²) >= 11 is 0. The number of hydrogen-bond donors (Lipinski definition) is 3. The molecule has 1 aromatic carbocycles. The van der Waals surface area contributed by atoms with Crippen molar-refractivity contribution in [3.8, 4) is 0 Å². The Hall–Kier alpha value is -0.875. The molecule has 0 spiro atoms. The van der Waals surface area contributed by atoms with E-state index in [0.717, 1.165) is 11.3 Å². The lowest BCUT2D eigenvalue weighted by molar-refractivity contribution is -0.254. The largest absolute Gasteiger partial charge is 0.556 e. The van der Waals surface area contributed by atoms with Crippen molar-refractivity contribution in [3.63, 3.8) is 0 Å². The molecule has 0 saturated heterocycles. The van der Waals surface area contributed by atoms with Crippen LogP contribution in [0.25, 0.3) is 0 Å². The second-order valence-corrected chi connectivity index (χ2v) is 3.05. The van der Waals surface area contributed by atoms with Crippen LogP contribution in [-0.2, 0) is 11.3 Å². The standard InChI is InChI=1S/C7H9BNO3/c9-6-2-1-5-4-12-8(10,11)7(5)3-6/h1-3,10-11H,4,9H2/q-1/p+1. The van der Waals surface area contributed by atoms with E-state index in [1.54, 1.807) is 12.1 Å². The molecule has 2 rings (SSSR count). The van der Waals surface area contributed by atoms with E-state index in [1.165, 1.54) is 0 Å². The third-order valence-corrected chi connectivity index (χ3v) is 2.09. The lowest BCUT2D eigenvalue weighted by Gasteiger charge is -2.21. The molecule has 64 valence electrons. The van der Waals surface area contributed by atoms with E-state index in [9.17, 15) is 10.0 Å². The van der Waals surface area contributed by atoms with Crippen LogP contribution < -0.4 is 11.2 Å². The zero-order chi connectivity index (χ0) is 8.77. The molecule has 1 aromatic rings. The summed E-state index contributed by atoms with van der Waals surface area (Å²) in [6, 6.07) is 5.26. The number of benzene rings is 1. The minimum atomic E-state index is -2.76. The minimum Gasteiger partial charge on any atom is -0.556 e. The molecule has 5 heteroatoms. The maximum Gasteiger partial charge on any atom is 0.405 e. The Morgan fingerprint density at radius 2 is 2.17 bits per heavy atom. The van der Waals surface area contributed by atoms with Gasteiger partial charge in [0.15, 0.2) is 0 Å². The van der Waals surface area contributed by atoms with E-state index in [4.69, 9.17) is 4.65 Å². The lowest BCUT2D eigenvalue weighted by atomic mass is 9.70. The van der Waals surface area contributed by atoms with Crippen molar-refractivity contribution in [1.29, 1.82) is 0 Å². The molecule has 0 radical (unpaired) electrons. The average Bonchev–Trinajstić information content (AvgIpc) is 2.28. The van der Waals surface area contributed by atoms with Gasteiger partial charge in [-0.05, 0) is 12.1 Å². The van der Waals surface area contributed by atoms with Gasteiger partial charge in [0, 0.05) is 6.61 Å². The van der Waals surface area contributed by atoms with Gasteiger partial charge in [0.1, 0.15) is 5.69 Å². The third kappa shape index (κ3) is 1.03. The SMILES string of the molecule is [NH3+]c1ccc2c(c1)[B-](O)(O)OC2. The van der Waals surface area contributed by atoms with Gasteiger partial charge in [0.2, 0.25) is 0 Å². The van der Waals surface area contributed by atoms with Crippen LogP contribution in [-0.4, -0.2) is 16.8 Å². The first-order valence-corrected chi connectivity index (χ1v) is 3.77. The van der Waals surface area contributed by atoms with Gasteiger partial charge in [-0.1, -0.05) is 11.6 Å². The zero-order valence-electron chi connectivity index (χ0n) is 6.53. The number of rotatable bonds is 0. The Balaban J connectivity index is 2.57. The van der Waals surface area contributed by atoms with Crippen molar-refractivity contribution >= 4 is 17.9 Å². The van der Waals surface area contributed by atoms with E-state index in [-0.39, 0.29) is 6.61 Å². The average molecular weight is 167 g/mol. The van der Waals surface area contributed by atoms with E-state index in [0.29, 0.717) is 5.46 Å². The first kappa shape index (κ1) is 7.76. The summed E-state index contributed by atoms with van der Waals surface area (Å²) in [6.07, 6.45) is 0. The summed E-state index contributed by atoms with van der Waals surface area (Å²) in [5, 5.41) is 18.7. The maximum absolute atomic E-state index is 9.34. The molecule has 0 bridgehead atoms. The molecule has 0 unspecified atom stereocenters. The van der Waals surface area contributed by atoms with Crippen LogP contribution in [0, 0.1) is 0 Å². The van der Waals surface area contributed by atoms with Gasteiger partial charge in [0.05, 0.1) is 0 Å². The molecule has 1 heterocycles. The van der Waals surface area contributed by atoms with Crippen molar-refractivity contribution in [2.24, 2.45) is 0 Å². The molecular weight excluding hydrogens is 157 g/mol. The van der Waals surface area contributed by atoms with Gasteiger partial charge >= 0.3 is 6.75 Å². The van der Waals surface area contributed by atoms with E-state index in [1.807, 2.05) is 6.07 Å². The van der Waals surface area contributed by atoms with Gasteiger partial charge < -0.3 is 20.4 Å². The van der Waals surface area contributed by atoms with Crippen molar-refractivity contribution < 1.29 is 20.4 Å². The van der Waals surface area contributed by atoms with Crippen molar-refractivity contribution in [1.82, 2.24) is 0 Å². The van der Waals surface area contributed by atoms with Gasteiger partial charge in [0.25, 0.3) is 0 Å². The second kappa shape index (κ2) is 2.30. The Kier molecular flexibility index (Phi) is 1.49. The van der Waals surface area contributed by atoms with Gasteiger partial charge in [-0.3, -0.25) is 0 Å². The van der Waals surface area contributed by atoms with Crippen molar-refractivity contribution in [2.45, 2.75) is 6.61 Å². The predicted molar refractivity (Wildman–Crippen MR) is 43.6 cm³/mol. The molecule has 0 amide bonds. The smallest absolute Gasteiger partial charge is 0.405 e. The fourth-order valence-electron chi connectivity index (χ4n) is 1.42. The molecule has 0 atom stereocenters. The van der Waals surface area contributed by atoms with Gasteiger partial charge in [-0.15, -0.1) is 5.46 Å². The topological polar surface area (TPSA) is 77.3 Å². The van der Waals surface area contributed by atoms with Crippen LogP contribution in [0.1, 0.15) is 5.56 Å². The van der Waals surface area contributed by atoms with Crippen LogP contribution in [0.4, 0.5) is 5.69 Å². The lowest BCUT2D eigenvalue weighted by Crippen LogP contribution is -2.49. The number of fused-ring (bicyclic) bond motifs is 1. The molecule has 0 fully saturated rings.